The largest absolute Gasteiger partial charge is 0.434 e. The van der Waals surface area contributed by atoms with Crippen LogP contribution >= 0.6 is 23.2 Å². The third-order valence-electron chi connectivity index (χ3n) is 1.78. The highest BCUT2D eigenvalue weighted by atomic mass is 35.5. The number of nitrogens with zero attached hydrogens (tertiary/aromatic N) is 2. The molecule has 0 N–H and O–H groups in total. The maximum Gasteiger partial charge on any atom is 0.242 e. The molecule has 0 fully saturated rings. The highest BCUT2D eigenvalue weighted by Gasteiger charge is 2.11. The monoisotopic (exact) mass is 276 g/mol. The zero-order valence-electron chi connectivity index (χ0n) is 8.12. The van der Waals surface area contributed by atoms with Gasteiger partial charge in [0.05, 0.1) is 6.20 Å². The number of benzene rings is 1. The quantitative estimate of drug-likeness (QED) is 0.782. The van der Waals surface area contributed by atoms with Crippen LogP contribution in [0.3, 0.4) is 0 Å². The Morgan fingerprint density at radius 1 is 1.18 bits per heavy atom. The van der Waals surface area contributed by atoms with Gasteiger partial charge in [-0.05, 0) is 23.7 Å². The van der Waals surface area contributed by atoms with E-state index in [-0.39, 0.29) is 21.9 Å². The summed E-state index contributed by atoms with van der Waals surface area (Å²) in [6.45, 7) is 0. The summed E-state index contributed by atoms with van der Waals surface area (Å²) in [7, 11) is 0. The number of hydrogen-bond acceptors (Lipinski definition) is 3. The lowest BCUT2D eigenvalue weighted by molar-refractivity contribution is 0.422. The molecule has 3 nitrogen and oxygen atoms in total. The molecule has 0 radical (unpaired) electrons. The van der Waals surface area contributed by atoms with Crippen molar-refractivity contribution in [2.75, 3.05) is 0 Å². The molecule has 1 aromatic heterocycles. The van der Waals surface area contributed by atoms with Crippen LogP contribution in [0.5, 0.6) is 11.6 Å². The molecule has 1 heterocycles. The Hall–Kier alpha value is -1.46. The molecule has 0 amide bonds. The first-order valence-electron chi connectivity index (χ1n) is 4.37. The Balaban J connectivity index is 2.37. The summed E-state index contributed by atoms with van der Waals surface area (Å²) in [5.41, 5.74) is 0. The van der Waals surface area contributed by atoms with E-state index in [2.05, 4.69) is 9.97 Å². The minimum absolute atomic E-state index is 0.0399. The van der Waals surface area contributed by atoms with Crippen molar-refractivity contribution < 1.29 is 13.5 Å². The highest BCUT2D eigenvalue weighted by molar-refractivity contribution is 6.32. The van der Waals surface area contributed by atoms with Crippen molar-refractivity contribution in [3.8, 4) is 11.6 Å². The van der Waals surface area contributed by atoms with E-state index in [1.807, 2.05) is 0 Å². The summed E-state index contributed by atoms with van der Waals surface area (Å²) in [6, 6.07) is 2.78. The van der Waals surface area contributed by atoms with Crippen LogP contribution in [0.1, 0.15) is 0 Å². The summed E-state index contributed by atoms with van der Waals surface area (Å²) in [4.78, 5) is 7.25. The van der Waals surface area contributed by atoms with Crippen LogP contribution < -0.4 is 4.74 Å². The zero-order chi connectivity index (χ0) is 12.4. The molecule has 0 saturated heterocycles. The summed E-state index contributed by atoms with van der Waals surface area (Å²) < 4.78 is 31.2. The van der Waals surface area contributed by atoms with Gasteiger partial charge in [-0.1, -0.05) is 11.6 Å². The van der Waals surface area contributed by atoms with Crippen molar-refractivity contribution in [1.82, 2.24) is 9.97 Å². The number of ether oxygens (including phenoxy) is 1. The van der Waals surface area contributed by atoms with Gasteiger partial charge in [0, 0.05) is 6.07 Å². The molecule has 0 bridgehead atoms. The Labute approximate surface area is 105 Å². The first-order valence-corrected chi connectivity index (χ1v) is 5.13. The van der Waals surface area contributed by atoms with E-state index in [0.717, 1.165) is 18.2 Å². The Bertz CT molecular complexity index is 516. The first kappa shape index (κ1) is 12.0. The van der Waals surface area contributed by atoms with Gasteiger partial charge in [-0.2, -0.15) is 4.98 Å². The second-order valence-electron chi connectivity index (χ2n) is 2.97. The van der Waals surface area contributed by atoms with Crippen molar-refractivity contribution in [3.63, 3.8) is 0 Å². The van der Waals surface area contributed by atoms with Gasteiger partial charge in [0.25, 0.3) is 0 Å². The summed E-state index contributed by atoms with van der Waals surface area (Å²) >= 11 is 11.2. The Morgan fingerprint density at radius 2 is 1.94 bits per heavy atom. The van der Waals surface area contributed by atoms with Crippen LogP contribution in [0.25, 0.3) is 0 Å². The van der Waals surface area contributed by atoms with Gasteiger partial charge in [-0.25, -0.2) is 13.8 Å². The van der Waals surface area contributed by atoms with Crippen LogP contribution in [-0.4, -0.2) is 9.97 Å². The molecule has 0 atom stereocenters. The maximum absolute atomic E-state index is 13.3. The minimum Gasteiger partial charge on any atom is -0.434 e. The van der Waals surface area contributed by atoms with E-state index in [4.69, 9.17) is 27.9 Å². The van der Waals surface area contributed by atoms with Crippen LogP contribution in [0.15, 0.2) is 24.4 Å². The van der Waals surface area contributed by atoms with E-state index < -0.39 is 11.6 Å². The van der Waals surface area contributed by atoms with E-state index >= 15 is 0 Å². The molecule has 0 aliphatic carbocycles. The number of rotatable bonds is 2. The molecule has 0 aliphatic heterocycles. The summed E-state index contributed by atoms with van der Waals surface area (Å²) in [6.07, 6.45) is 1.20. The highest BCUT2D eigenvalue weighted by Crippen LogP contribution is 2.29. The fourth-order valence-corrected chi connectivity index (χ4v) is 1.32. The minimum atomic E-state index is -0.739. The molecule has 1 aromatic carbocycles. The predicted octanol–water partition coefficient (Wildman–Crippen LogP) is 3.85. The van der Waals surface area contributed by atoms with E-state index in [9.17, 15) is 8.78 Å². The Kier molecular flexibility index (Phi) is 3.40. The molecule has 0 unspecified atom stereocenters. The van der Waals surface area contributed by atoms with E-state index in [0.29, 0.717) is 0 Å². The van der Waals surface area contributed by atoms with Crippen molar-refractivity contribution in [2.24, 2.45) is 0 Å². The summed E-state index contributed by atoms with van der Waals surface area (Å²) in [5.74, 6) is -1.85. The molecule has 0 saturated carbocycles. The SMILES string of the molecule is Fc1ccc(F)c(Oc2nc(Cl)ncc2Cl)c1. The Morgan fingerprint density at radius 3 is 2.71 bits per heavy atom. The second kappa shape index (κ2) is 4.81. The average Bonchev–Trinajstić information content (AvgIpc) is 2.28. The molecule has 0 spiro atoms. The first-order chi connectivity index (χ1) is 8.06. The number of halogens is 4. The fourth-order valence-electron chi connectivity index (χ4n) is 1.06. The fraction of sp³-hybridized carbons (Fsp3) is 0. The van der Waals surface area contributed by atoms with E-state index in [1.165, 1.54) is 6.20 Å². The standard InChI is InChI=1S/C10H4Cl2F2N2O/c11-6-4-15-10(12)16-9(6)17-8-3-5(13)1-2-7(8)14/h1-4H. The molecular weight excluding hydrogens is 273 g/mol. The van der Waals surface area contributed by atoms with Crippen LogP contribution in [0.4, 0.5) is 8.78 Å². The van der Waals surface area contributed by atoms with E-state index in [1.54, 1.807) is 0 Å². The van der Waals surface area contributed by atoms with Gasteiger partial charge in [0.15, 0.2) is 11.6 Å². The number of aromatic nitrogens is 2. The molecule has 2 rings (SSSR count). The number of hydrogen-bond donors (Lipinski definition) is 0. The third kappa shape index (κ3) is 2.81. The third-order valence-corrected chi connectivity index (χ3v) is 2.22. The van der Waals surface area contributed by atoms with Crippen LogP contribution in [0.2, 0.25) is 10.3 Å². The van der Waals surface area contributed by atoms with Crippen LogP contribution in [0, 0.1) is 11.6 Å². The van der Waals surface area contributed by atoms with Gasteiger partial charge in [0.1, 0.15) is 10.8 Å². The molecule has 2 aromatic rings. The van der Waals surface area contributed by atoms with Gasteiger partial charge in [-0.15, -0.1) is 0 Å². The van der Waals surface area contributed by atoms with Crippen LogP contribution in [-0.2, 0) is 0 Å². The zero-order valence-corrected chi connectivity index (χ0v) is 9.64. The van der Waals surface area contributed by atoms with Gasteiger partial charge < -0.3 is 4.74 Å². The van der Waals surface area contributed by atoms with Gasteiger partial charge >= 0.3 is 0 Å². The molecule has 0 aliphatic rings. The van der Waals surface area contributed by atoms with Crippen molar-refractivity contribution in [3.05, 3.63) is 46.3 Å². The molecule has 17 heavy (non-hydrogen) atoms. The lowest BCUT2D eigenvalue weighted by Crippen LogP contribution is -1.94. The predicted molar refractivity (Wildman–Crippen MR) is 58.5 cm³/mol. The van der Waals surface area contributed by atoms with Gasteiger partial charge in [-0.3, -0.25) is 0 Å². The smallest absolute Gasteiger partial charge is 0.242 e. The summed E-state index contributed by atoms with van der Waals surface area (Å²) in [5, 5.41) is -0.0701. The lowest BCUT2D eigenvalue weighted by atomic mass is 10.3. The second-order valence-corrected chi connectivity index (χ2v) is 3.71. The van der Waals surface area contributed by atoms with Crippen molar-refractivity contribution in [2.45, 2.75) is 0 Å². The maximum atomic E-state index is 13.3. The molecule has 88 valence electrons. The van der Waals surface area contributed by atoms with Crippen molar-refractivity contribution in [1.29, 1.82) is 0 Å². The molecule has 7 heteroatoms. The lowest BCUT2D eigenvalue weighted by Gasteiger charge is -2.07. The van der Waals surface area contributed by atoms with Crippen molar-refractivity contribution >= 4 is 23.2 Å². The average molecular weight is 277 g/mol. The van der Waals surface area contributed by atoms with Gasteiger partial charge in [0.2, 0.25) is 11.2 Å². The topological polar surface area (TPSA) is 35.0 Å². The normalized spacial score (nSPS) is 10.4. The molecular formula is C10H4Cl2F2N2O.